The Morgan fingerprint density at radius 3 is 2.59 bits per heavy atom. The summed E-state index contributed by atoms with van der Waals surface area (Å²) >= 11 is 0. The minimum atomic E-state index is -0.694. The zero-order valence-electron chi connectivity index (χ0n) is 11.4. The van der Waals surface area contributed by atoms with E-state index in [-0.39, 0.29) is 17.4 Å². The highest BCUT2D eigenvalue weighted by Crippen LogP contribution is 2.54. The van der Waals surface area contributed by atoms with Crippen LogP contribution in [0.15, 0.2) is 12.2 Å². The fourth-order valence-corrected chi connectivity index (χ4v) is 3.84. The van der Waals surface area contributed by atoms with Gasteiger partial charge in [0.25, 0.3) is 0 Å². The first-order chi connectivity index (χ1) is 7.75. The number of fused-ring (bicyclic) bond motifs is 1. The van der Waals surface area contributed by atoms with Crippen molar-refractivity contribution in [1.29, 1.82) is 0 Å². The average Bonchev–Trinajstić information content (AvgIpc) is 2.19. The monoisotopic (exact) mass is 238 g/mol. The van der Waals surface area contributed by atoms with Gasteiger partial charge in [-0.15, -0.1) is 0 Å². The minimum Gasteiger partial charge on any atom is -0.393 e. The average molecular weight is 238 g/mol. The van der Waals surface area contributed by atoms with E-state index in [4.69, 9.17) is 0 Å². The second kappa shape index (κ2) is 4.10. The molecule has 4 atom stereocenters. The van der Waals surface area contributed by atoms with Gasteiger partial charge in [-0.1, -0.05) is 19.1 Å². The molecule has 2 heteroatoms. The SMILES string of the molecule is C=C1CCCC2(C)C(O)CC(C(C)(C)O)CC12. The molecule has 0 amide bonds. The lowest BCUT2D eigenvalue weighted by Crippen LogP contribution is -2.51. The highest BCUT2D eigenvalue weighted by Gasteiger charge is 2.50. The van der Waals surface area contributed by atoms with Crippen molar-refractivity contribution in [1.82, 2.24) is 0 Å². The zero-order chi connectivity index (χ0) is 12.8. The summed E-state index contributed by atoms with van der Waals surface area (Å²) in [6.07, 6.45) is 4.74. The standard InChI is InChI=1S/C15H26O2/c1-10-6-5-7-15(4)12(10)8-11(9-13(15)16)14(2,3)17/h11-13,16-17H,1,5-9H2,2-4H3. The third kappa shape index (κ3) is 2.17. The highest BCUT2D eigenvalue weighted by molar-refractivity contribution is 5.15. The Bertz CT molecular complexity index is 315. The summed E-state index contributed by atoms with van der Waals surface area (Å²) in [7, 11) is 0. The van der Waals surface area contributed by atoms with Gasteiger partial charge in [-0.3, -0.25) is 0 Å². The lowest BCUT2D eigenvalue weighted by molar-refractivity contribution is -0.109. The second-order valence-corrected chi connectivity index (χ2v) is 6.91. The lowest BCUT2D eigenvalue weighted by Gasteiger charge is -2.53. The maximum Gasteiger partial charge on any atom is 0.0620 e. The molecule has 2 aliphatic carbocycles. The quantitative estimate of drug-likeness (QED) is 0.690. The van der Waals surface area contributed by atoms with E-state index in [9.17, 15) is 10.2 Å². The molecule has 2 fully saturated rings. The van der Waals surface area contributed by atoms with Crippen LogP contribution in [-0.2, 0) is 0 Å². The lowest BCUT2D eigenvalue weighted by atomic mass is 9.54. The molecule has 0 radical (unpaired) electrons. The molecule has 4 unspecified atom stereocenters. The van der Waals surface area contributed by atoms with Crippen molar-refractivity contribution in [3.63, 3.8) is 0 Å². The van der Waals surface area contributed by atoms with E-state index < -0.39 is 5.60 Å². The Balaban J connectivity index is 2.25. The van der Waals surface area contributed by atoms with Crippen LogP contribution in [0.1, 0.15) is 52.9 Å². The van der Waals surface area contributed by atoms with Gasteiger partial charge in [0.2, 0.25) is 0 Å². The van der Waals surface area contributed by atoms with Gasteiger partial charge < -0.3 is 10.2 Å². The van der Waals surface area contributed by atoms with Crippen molar-refractivity contribution in [2.24, 2.45) is 17.3 Å². The smallest absolute Gasteiger partial charge is 0.0620 e. The first-order valence-corrected chi connectivity index (χ1v) is 6.83. The summed E-state index contributed by atoms with van der Waals surface area (Å²) in [5.41, 5.74) is 0.587. The van der Waals surface area contributed by atoms with Crippen LogP contribution in [0.5, 0.6) is 0 Å². The van der Waals surface area contributed by atoms with Gasteiger partial charge in [-0.05, 0) is 57.8 Å². The fourth-order valence-electron chi connectivity index (χ4n) is 3.84. The predicted octanol–water partition coefficient (Wildman–Crippen LogP) is 2.89. The molecule has 2 rings (SSSR count). The van der Waals surface area contributed by atoms with Crippen molar-refractivity contribution >= 4 is 0 Å². The van der Waals surface area contributed by atoms with Crippen LogP contribution in [0.4, 0.5) is 0 Å². The van der Waals surface area contributed by atoms with E-state index in [2.05, 4.69) is 13.5 Å². The second-order valence-electron chi connectivity index (χ2n) is 6.91. The van der Waals surface area contributed by atoms with Crippen LogP contribution >= 0.6 is 0 Å². The van der Waals surface area contributed by atoms with Gasteiger partial charge in [0.05, 0.1) is 11.7 Å². The highest BCUT2D eigenvalue weighted by atomic mass is 16.3. The molecule has 2 aliphatic rings. The van der Waals surface area contributed by atoms with Crippen LogP contribution < -0.4 is 0 Å². The summed E-state index contributed by atoms with van der Waals surface area (Å²) in [6, 6.07) is 0. The number of hydrogen-bond donors (Lipinski definition) is 2. The third-order valence-corrected chi connectivity index (χ3v) is 5.29. The van der Waals surface area contributed by atoms with Gasteiger partial charge in [0.15, 0.2) is 0 Å². The molecule has 0 saturated heterocycles. The summed E-state index contributed by atoms with van der Waals surface area (Å²) in [5.74, 6) is 0.571. The van der Waals surface area contributed by atoms with Crippen molar-refractivity contribution in [3.8, 4) is 0 Å². The summed E-state index contributed by atoms with van der Waals surface area (Å²) < 4.78 is 0. The molecule has 0 spiro atoms. The molecule has 2 nitrogen and oxygen atoms in total. The van der Waals surface area contributed by atoms with Crippen LogP contribution in [0.25, 0.3) is 0 Å². The number of rotatable bonds is 1. The van der Waals surface area contributed by atoms with Crippen molar-refractivity contribution in [3.05, 3.63) is 12.2 Å². The summed E-state index contributed by atoms with van der Waals surface area (Å²) in [4.78, 5) is 0. The molecule has 0 heterocycles. The Labute approximate surface area is 105 Å². The molecule has 0 aromatic carbocycles. The van der Waals surface area contributed by atoms with Crippen LogP contribution in [0.2, 0.25) is 0 Å². The Kier molecular flexibility index (Phi) is 3.16. The van der Waals surface area contributed by atoms with Crippen molar-refractivity contribution in [2.45, 2.75) is 64.6 Å². The Morgan fingerprint density at radius 2 is 2.00 bits per heavy atom. The summed E-state index contributed by atoms with van der Waals surface area (Å²) in [6.45, 7) is 10.1. The van der Waals surface area contributed by atoms with Crippen LogP contribution in [0.3, 0.4) is 0 Å². The molecule has 2 saturated carbocycles. The van der Waals surface area contributed by atoms with Gasteiger partial charge in [0, 0.05) is 5.41 Å². The van der Waals surface area contributed by atoms with Crippen molar-refractivity contribution < 1.29 is 10.2 Å². The molecule has 98 valence electrons. The maximum atomic E-state index is 10.5. The van der Waals surface area contributed by atoms with E-state index in [1.807, 2.05) is 13.8 Å². The Morgan fingerprint density at radius 1 is 1.35 bits per heavy atom. The normalized spacial score (nSPS) is 43.4. The van der Waals surface area contributed by atoms with Gasteiger partial charge >= 0.3 is 0 Å². The van der Waals surface area contributed by atoms with E-state index in [0.717, 1.165) is 32.1 Å². The molecule has 0 aliphatic heterocycles. The molecule has 0 bridgehead atoms. The van der Waals surface area contributed by atoms with Gasteiger partial charge in [-0.2, -0.15) is 0 Å². The largest absolute Gasteiger partial charge is 0.393 e. The molecule has 2 N–H and O–H groups in total. The van der Waals surface area contributed by atoms with E-state index in [1.54, 1.807) is 0 Å². The van der Waals surface area contributed by atoms with E-state index >= 15 is 0 Å². The molecule has 0 aromatic heterocycles. The van der Waals surface area contributed by atoms with E-state index in [0.29, 0.717) is 5.92 Å². The zero-order valence-corrected chi connectivity index (χ0v) is 11.4. The first kappa shape index (κ1) is 13.1. The molecule has 0 aromatic rings. The molecular weight excluding hydrogens is 212 g/mol. The number of aliphatic hydroxyl groups is 2. The number of aliphatic hydroxyl groups excluding tert-OH is 1. The number of hydrogen-bond acceptors (Lipinski definition) is 2. The molecular formula is C15H26O2. The predicted molar refractivity (Wildman–Crippen MR) is 69.6 cm³/mol. The third-order valence-electron chi connectivity index (χ3n) is 5.29. The minimum absolute atomic E-state index is 0.00289. The topological polar surface area (TPSA) is 40.5 Å². The van der Waals surface area contributed by atoms with Crippen LogP contribution in [0, 0.1) is 17.3 Å². The molecule has 17 heavy (non-hydrogen) atoms. The fraction of sp³-hybridized carbons (Fsp3) is 0.867. The van der Waals surface area contributed by atoms with Gasteiger partial charge in [0.1, 0.15) is 0 Å². The van der Waals surface area contributed by atoms with Gasteiger partial charge in [-0.25, -0.2) is 0 Å². The number of allylic oxidation sites excluding steroid dienone is 1. The van der Waals surface area contributed by atoms with Crippen molar-refractivity contribution in [2.75, 3.05) is 0 Å². The van der Waals surface area contributed by atoms with Crippen LogP contribution in [-0.4, -0.2) is 21.9 Å². The first-order valence-electron chi connectivity index (χ1n) is 6.83. The van der Waals surface area contributed by atoms with E-state index in [1.165, 1.54) is 5.57 Å². The Hall–Kier alpha value is -0.340. The summed E-state index contributed by atoms with van der Waals surface area (Å²) in [5, 5.41) is 20.6. The maximum absolute atomic E-state index is 10.5.